The minimum Gasteiger partial charge on any atom is -0.480 e. The predicted molar refractivity (Wildman–Crippen MR) is 57.6 cm³/mol. The summed E-state index contributed by atoms with van der Waals surface area (Å²) >= 11 is 0. The van der Waals surface area contributed by atoms with E-state index in [9.17, 15) is 9.59 Å². The third kappa shape index (κ3) is 2.15. The van der Waals surface area contributed by atoms with Gasteiger partial charge in [-0.1, -0.05) is 5.16 Å². The Hall–Kier alpha value is -1.85. The van der Waals surface area contributed by atoms with Gasteiger partial charge in [0.1, 0.15) is 17.4 Å². The van der Waals surface area contributed by atoms with Crippen molar-refractivity contribution < 1.29 is 19.2 Å². The Morgan fingerprint density at radius 2 is 2.29 bits per heavy atom. The number of likely N-dealkylation sites (tertiary alicyclic amines) is 1. The summed E-state index contributed by atoms with van der Waals surface area (Å²) in [6.45, 7) is 2.11. The molecule has 0 aromatic carbocycles. The van der Waals surface area contributed by atoms with Gasteiger partial charge in [0.15, 0.2) is 0 Å². The van der Waals surface area contributed by atoms with Gasteiger partial charge in [0.25, 0.3) is 5.91 Å². The van der Waals surface area contributed by atoms with Gasteiger partial charge in [-0.15, -0.1) is 0 Å². The number of piperidine rings is 1. The van der Waals surface area contributed by atoms with Crippen LogP contribution in [0.2, 0.25) is 0 Å². The fourth-order valence-electron chi connectivity index (χ4n) is 2.09. The standard InChI is InChI=1S/C11H14N2O4/c1-7-8(6-12-17-7)10(14)13-5-3-2-4-9(13)11(15)16/h6,9H,2-5H2,1H3,(H,15,16)/t9-/m1/s1. The first-order valence-corrected chi connectivity index (χ1v) is 5.56. The molecule has 1 aromatic rings. The zero-order valence-electron chi connectivity index (χ0n) is 9.55. The summed E-state index contributed by atoms with van der Waals surface area (Å²) in [5.74, 6) is -0.840. The number of amides is 1. The van der Waals surface area contributed by atoms with Crippen LogP contribution >= 0.6 is 0 Å². The van der Waals surface area contributed by atoms with Crippen molar-refractivity contribution in [2.75, 3.05) is 6.54 Å². The number of carbonyl (C=O) groups is 2. The third-order valence-corrected chi connectivity index (χ3v) is 3.03. The highest BCUT2D eigenvalue weighted by atomic mass is 16.5. The Kier molecular flexibility index (Phi) is 3.12. The lowest BCUT2D eigenvalue weighted by Gasteiger charge is -2.32. The van der Waals surface area contributed by atoms with Crippen LogP contribution < -0.4 is 0 Å². The molecule has 1 amide bonds. The maximum Gasteiger partial charge on any atom is 0.326 e. The summed E-state index contributed by atoms with van der Waals surface area (Å²) in [5.41, 5.74) is 0.346. The van der Waals surface area contributed by atoms with E-state index in [2.05, 4.69) is 5.16 Å². The first-order chi connectivity index (χ1) is 8.11. The molecule has 0 aliphatic carbocycles. The maximum absolute atomic E-state index is 12.2. The largest absolute Gasteiger partial charge is 0.480 e. The topological polar surface area (TPSA) is 83.6 Å². The summed E-state index contributed by atoms with van der Waals surface area (Å²) in [6.07, 6.45) is 3.51. The van der Waals surface area contributed by atoms with Crippen molar-refractivity contribution in [1.82, 2.24) is 10.1 Å². The number of nitrogens with zero attached hydrogens (tertiary/aromatic N) is 2. The van der Waals surface area contributed by atoms with Crippen molar-refractivity contribution in [2.24, 2.45) is 0 Å². The molecule has 0 saturated carbocycles. The monoisotopic (exact) mass is 238 g/mol. The summed E-state index contributed by atoms with van der Waals surface area (Å²) in [5, 5.41) is 12.6. The molecule has 1 saturated heterocycles. The summed E-state index contributed by atoms with van der Waals surface area (Å²) in [6, 6.07) is -0.731. The highest BCUT2D eigenvalue weighted by Gasteiger charge is 2.33. The molecule has 92 valence electrons. The van der Waals surface area contributed by atoms with Crippen molar-refractivity contribution in [1.29, 1.82) is 0 Å². The van der Waals surface area contributed by atoms with E-state index >= 15 is 0 Å². The zero-order chi connectivity index (χ0) is 12.4. The lowest BCUT2D eigenvalue weighted by atomic mass is 10.0. The molecule has 6 nitrogen and oxygen atoms in total. The average Bonchev–Trinajstić information content (AvgIpc) is 2.74. The molecule has 0 unspecified atom stereocenters. The molecule has 1 fully saturated rings. The number of carboxylic acid groups (broad SMARTS) is 1. The fourth-order valence-corrected chi connectivity index (χ4v) is 2.09. The van der Waals surface area contributed by atoms with E-state index in [4.69, 9.17) is 9.63 Å². The van der Waals surface area contributed by atoms with Gasteiger partial charge < -0.3 is 14.5 Å². The normalized spacial score (nSPS) is 20.3. The van der Waals surface area contributed by atoms with Gasteiger partial charge in [-0.25, -0.2) is 4.79 Å². The summed E-state index contributed by atoms with van der Waals surface area (Å²) in [7, 11) is 0. The van der Waals surface area contributed by atoms with Crippen LogP contribution in [0, 0.1) is 6.92 Å². The Morgan fingerprint density at radius 1 is 1.53 bits per heavy atom. The number of carbonyl (C=O) groups excluding carboxylic acids is 1. The van der Waals surface area contributed by atoms with Crippen LogP contribution in [0.25, 0.3) is 0 Å². The number of aromatic nitrogens is 1. The average molecular weight is 238 g/mol. The van der Waals surface area contributed by atoms with E-state index in [1.165, 1.54) is 11.1 Å². The quantitative estimate of drug-likeness (QED) is 0.832. The second kappa shape index (κ2) is 4.57. The molecule has 6 heteroatoms. The van der Waals surface area contributed by atoms with Gasteiger partial charge >= 0.3 is 5.97 Å². The molecule has 1 atom stereocenters. The van der Waals surface area contributed by atoms with Crippen LogP contribution in [0.1, 0.15) is 35.4 Å². The van der Waals surface area contributed by atoms with Crippen LogP contribution in [0.4, 0.5) is 0 Å². The second-order valence-electron chi connectivity index (χ2n) is 4.14. The van der Waals surface area contributed by atoms with Crippen LogP contribution in [0.15, 0.2) is 10.7 Å². The number of hydrogen-bond donors (Lipinski definition) is 1. The van der Waals surface area contributed by atoms with Crippen molar-refractivity contribution in [3.8, 4) is 0 Å². The third-order valence-electron chi connectivity index (χ3n) is 3.03. The van der Waals surface area contributed by atoms with Crippen LogP contribution in [-0.4, -0.2) is 39.6 Å². The highest BCUT2D eigenvalue weighted by Crippen LogP contribution is 2.21. The van der Waals surface area contributed by atoms with Crippen LogP contribution in [0.5, 0.6) is 0 Å². The zero-order valence-corrected chi connectivity index (χ0v) is 9.55. The van der Waals surface area contributed by atoms with E-state index in [0.29, 0.717) is 24.3 Å². The molecule has 0 radical (unpaired) electrons. The molecule has 0 spiro atoms. The summed E-state index contributed by atoms with van der Waals surface area (Å²) < 4.78 is 4.83. The van der Waals surface area contributed by atoms with E-state index in [1.54, 1.807) is 6.92 Å². The lowest BCUT2D eigenvalue weighted by molar-refractivity contribution is -0.143. The van der Waals surface area contributed by atoms with Crippen molar-refractivity contribution >= 4 is 11.9 Å². The predicted octanol–water partition coefficient (Wildman–Crippen LogP) is 1.06. The molecular formula is C11H14N2O4. The molecule has 17 heavy (non-hydrogen) atoms. The molecule has 1 aliphatic rings. The molecular weight excluding hydrogens is 224 g/mol. The van der Waals surface area contributed by atoms with Crippen LogP contribution in [0.3, 0.4) is 0 Å². The Labute approximate surface area is 98.2 Å². The number of aliphatic carboxylic acids is 1. The first-order valence-electron chi connectivity index (χ1n) is 5.56. The van der Waals surface area contributed by atoms with E-state index in [-0.39, 0.29) is 5.91 Å². The van der Waals surface area contributed by atoms with Crippen molar-refractivity contribution in [2.45, 2.75) is 32.2 Å². The highest BCUT2D eigenvalue weighted by molar-refractivity contribution is 5.97. The second-order valence-corrected chi connectivity index (χ2v) is 4.14. The van der Waals surface area contributed by atoms with Gasteiger partial charge in [0.05, 0.1) is 6.20 Å². The SMILES string of the molecule is Cc1oncc1C(=O)N1CCCC[C@@H]1C(=O)O. The lowest BCUT2D eigenvalue weighted by Crippen LogP contribution is -2.48. The molecule has 1 aliphatic heterocycles. The first kappa shape index (κ1) is 11.6. The number of carboxylic acids is 1. The van der Waals surface area contributed by atoms with Gasteiger partial charge in [-0.2, -0.15) is 0 Å². The minimum atomic E-state index is -0.952. The molecule has 2 heterocycles. The van der Waals surface area contributed by atoms with Gasteiger partial charge in [0, 0.05) is 6.54 Å². The van der Waals surface area contributed by atoms with E-state index in [1.807, 2.05) is 0 Å². The molecule has 2 rings (SSSR count). The van der Waals surface area contributed by atoms with E-state index in [0.717, 1.165) is 12.8 Å². The van der Waals surface area contributed by atoms with E-state index < -0.39 is 12.0 Å². The molecule has 1 N–H and O–H groups in total. The fraction of sp³-hybridized carbons (Fsp3) is 0.545. The van der Waals surface area contributed by atoms with Crippen molar-refractivity contribution in [3.05, 3.63) is 17.5 Å². The Morgan fingerprint density at radius 3 is 2.88 bits per heavy atom. The Bertz CT molecular complexity index is 440. The maximum atomic E-state index is 12.2. The molecule has 0 bridgehead atoms. The molecule has 1 aromatic heterocycles. The number of rotatable bonds is 2. The van der Waals surface area contributed by atoms with Gasteiger partial charge in [0.2, 0.25) is 0 Å². The minimum absolute atomic E-state index is 0.309. The number of hydrogen-bond acceptors (Lipinski definition) is 4. The van der Waals surface area contributed by atoms with Gasteiger partial charge in [-0.05, 0) is 26.2 Å². The van der Waals surface area contributed by atoms with Gasteiger partial charge in [-0.3, -0.25) is 4.79 Å². The smallest absolute Gasteiger partial charge is 0.326 e. The summed E-state index contributed by atoms with van der Waals surface area (Å²) in [4.78, 5) is 24.6. The Balaban J connectivity index is 2.23. The van der Waals surface area contributed by atoms with Crippen molar-refractivity contribution in [3.63, 3.8) is 0 Å². The number of aryl methyl sites for hydroxylation is 1. The van der Waals surface area contributed by atoms with Crippen LogP contribution in [-0.2, 0) is 4.79 Å².